The molecule has 0 N–H and O–H groups in total. The highest BCUT2D eigenvalue weighted by Gasteiger charge is 2.51. The lowest BCUT2D eigenvalue weighted by atomic mass is 9.77. The second kappa shape index (κ2) is 13.7. The topological polar surface area (TPSA) is 9.72 Å². The van der Waals surface area contributed by atoms with Crippen molar-refractivity contribution in [3.8, 4) is 11.1 Å². The van der Waals surface area contributed by atoms with Gasteiger partial charge >= 0.3 is 0 Å². The first kappa shape index (κ1) is 32.6. The molecule has 262 valence electrons. The molecule has 52 heavy (non-hydrogen) atoms. The number of hydrogen-bond donors (Lipinski definition) is 0. The van der Waals surface area contributed by atoms with Crippen molar-refractivity contribution in [2.24, 2.45) is 17.8 Å². The van der Waals surface area contributed by atoms with Crippen LogP contribution in [-0.4, -0.2) is 31.8 Å². The van der Waals surface area contributed by atoms with Crippen molar-refractivity contribution in [1.29, 1.82) is 0 Å². The Labute approximate surface area is 323 Å². The molecule has 0 aromatic heterocycles. The number of hydrogen-bond acceptors (Lipinski definition) is 3. The Bertz CT molecular complexity index is 2030. The number of likely N-dealkylation sites (tertiary alicyclic amines) is 1. The maximum Gasteiger partial charge on any atom is 0.0576 e. The van der Waals surface area contributed by atoms with Crippen molar-refractivity contribution in [3.63, 3.8) is 0 Å². The first-order chi connectivity index (χ1) is 25.7. The zero-order chi connectivity index (χ0) is 34.6. The monoisotopic (exact) mass is 793 g/mol. The fourth-order valence-corrected chi connectivity index (χ4v) is 11.9. The second-order valence-electron chi connectivity index (χ2n) is 15.7. The van der Waals surface area contributed by atoms with Crippen LogP contribution < -0.4 is 4.90 Å². The van der Waals surface area contributed by atoms with E-state index in [0.29, 0.717) is 23.9 Å². The van der Waals surface area contributed by atoms with Crippen LogP contribution in [0.4, 0.5) is 5.69 Å². The lowest BCUT2D eigenvalue weighted by Crippen LogP contribution is -2.44. The Kier molecular flexibility index (Phi) is 8.62. The summed E-state index contributed by atoms with van der Waals surface area (Å²) in [4.78, 5) is 8.15. The van der Waals surface area contributed by atoms with Crippen LogP contribution in [0, 0.1) is 17.8 Å². The van der Waals surface area contributed by atoms with E-state index in [4.69, 9.17) is 0 Å². The van der Waals surface area contributed by atoms with Crippen molar-refractivity contribution in [2.45, 2.75) is 79.8 Å². The number of fused-ring (bicyclic) bond motifs is 6. The molecule has 0 amide bonds. The number of alkyl halides is 1. The zero-order valence-electron chi connectivity index (χ0n) is 29.9. The van der Waals surface area contributed by atoms with Gasteiger partial charge in [-0.05, 0) is 116 Å². The molecule has 1 saturated carbocycles. The number of nitrogens with zero attached hydrogens (tertiary/aromatic N) is 3. The molecule has 6 aliphatic carbocycles. The van der Waals surface area contributed by atoms with E-state index in [-0.39, 0.29) is 6.04 Å². The summed E-state index contributed by atoms with van der Waals surface area (Å²) in [5.74, 6) is 1.85. The molecule has 0 bridgehead atoms. The van der Waals surface area contributed by atoms with E-state index >= 15 is 0 Å². The predicted molar refractivity (Wildman–Crippen MR) is 224 cm³/mol. The maximum atomic E-state index is 2.88. The Hall–Kier alpha value is -4.03. The van der Waals surface area contributed by atoms with E-state index < -0.39 is 0 Å². The molecule has 2 aliphatic heterocycles. The number of allylic oxidation sites excluding steroid dienone is 14. The van der Waals surface area contributed by atoms with E-state index in [2.05, 4.69) is 177 Å². The summed E-state index contributed by atoms with van der Waals surface area (Å²) in [5, 5.41) is 0. The Morgan fingerprint density at radius 3 is 2.46 bits per heavy atom. The fraction of sp³-hybridized carbons (Fsp3) is 0.333. The highest BCUT2D eigenvalue weighted by Crippen LogP contribution is 2.52. The molecule has 3 fully saturated rings. The predicted octanol–water partition coefficient (Wildman–Crippen LogP) is 11.7. The van der Waals surface area contributed by atoms with E-state index in [0.717, 1.165) is 48.4 Å². The summed E-state index contributed by atoms with van der Waals surface area (Å²) in [6.07, 6.45) is 44.7. The van der Waals surface area contributed by atoms with Gasteiger partial charge in [0.05, 0.1) is 12.1 Å². The normalized spacial score (nSPS) is 31.4. The van der Waals surface area contributed by atoms with Gasteiger partial charge in [-0.1, -0.05) is 126 Å². The highest BCUT2D eigenvalue weighted by molar-refractivity contribution is 14.1. The SMILES string of the molecule is IC1CCCC2C3C=CC=CC3N(C3=CC=C(N(C4=CCCC=C4)C4C=C5C(=CC4)C4CC=CC=C4N5c4ccc(-c5ccccc5)cc4)CC3)C12. The third-order valence-corrected chi connectivity index (χ3v) is 14.3. The van der Waals surface area contributed by atoms with Crippen LogP contribution in [0.15, 0.2) is 174 Å². The van der Waals surface area contributed by atoms with Crippen LogP contribution in [0.3, 0.4) is 0 Å². The lowest BCUT2D eigenvalue weighted by Gasteiger charge is -2.42. The second-order valence-corrected chi connectivity index (χ2v) is 17.3. The number of rotatable bonds is 6. The fourth-order valence-electron chi connectivity index (χ4n) is 10.6. The molecule has 10 rings (SSSR count). The molecular weight excluding hydrogens is 745 g/mol. The Morgan fingerprint density at radius 1 is 0.769 bits per heavy atom. The molecule has 0 radical (unpaired) electrons. The minimum Gasteiger partial charge on any atom is -0.363 e. The molecule has 2 saturated heterocycles. The number of benzene rings is 2. The summed E-state index contributed by atoms with van der Waals surface area (Å²) >= 11 is 2.79. The molecule has 3 nitrogen and oxygen atoms in total. The van der Waals surface area contributed by atoms with E-state index in [9.17, 15) is 0 Å². The first-order valence-electron chi connectivity index (χ1n) is 19.8. The van der Waals surface area contributed by atoms with Gasteiger partial charge < -0.3 is 14.7 Å². The molecule has 0 spiro atoms. The quantitative estimate of drug-likeness (QED) is 0.213. The summed E-state index contributed by atoms with van der Waals surface area (Å²) in [6.45, 7) is 0. The van der Waals surface area contributed by atoms with Crippen LogP contribution in [0.2, 0.25) is 0 Å². The summed E-state index contributed by atoms with van der Waals surface area (Å²) < 4.78 is 0.719. The maximum absolute atomic E-state index is 2.88. The van der Waals surface area contributed by atoms with Gasteiger partial charge in [0.15, 0.2) is 0 Å². The molecule has 7 atom stereocenters. The molecule has 2 heterocycles. The van der Waals surface area contributed by atoms with E-state index in [1.807, 2.05) is 0 Å². The van der Waals surface area contributed by atoms with Gasteiger partial charge in [0.1, 0.15) is 0 Å². The van der Waals surface area contributed by atoms with Crippen LogP contribution in [0.5, 0.6) is 0 Å². The van der Waals surface area contributed by atoms with Gasteiger partial charge in [0.25, 0.3) is 0 Å². The van der Waals surface area contributed by atoms with Gasteiger partial charge in [0, 0.05) is 56.0 Å². The van der Waals surface area contributed by atoms with Crippen LogP contribution >= 0.6 is 22.6 Å². The van der Waals surface area contributed by atoms with Crippen molar-refractivity contribution in [1.82, 2.24) is 9.80 Å². The average molecular weight is 794 g/mol. The summed E-state index contributed by atoms with van der Waals surface area (Å²) in [6, 6.07) is 21.4. The van der Waals surface area contributed by atoms with Gasteiger partial charge in [-0.2, -0.15) is 0 Å². The van der Waals surface area contributed by atoms with Crippen molar-refractivity contribution >= 4 is 28.3 Å². The standard InChI is InChI=1S/C48H48IN3/c49-44-19-11-18-43-41-17-8-10-21-46(41)52(48(43)44)38-28-26-36(27-29-38)50(35-14-5-2-6-15-35)39-30-31-42-40-16-7-9-20-45(40)51(47(42)32-39)37-24-22-34(23-25-37)33-12-3-1-4-13-33/h1,3-5,7-10,12-15,17,20-26,28,31-32,39-41,43-44,46,48H,2,6,11,16,18-19,27,29-30H2. The number of halogens is 1. The van der Waals surface area contributed by atoms with Crippen molar-refractivity contribution in [2.75, 3.05) is 4.90 Å². The van der Waals surface area contributed by atoms with E-state index in [1.54, 1.807) is 5.70 Å². The van der Waals surface area contributed by atoms with Gasteiger partial charge in [0.2, 0.25) is 0 Å². The molecule has 8 aliphatic rings. The molecular formula is C48H48IN3. The molecule has 4 heteroatoms. The number of anilines is 1. The van der Waals surface area contributed by atoms with Crippen molar-refractivity contribution < 1.29 is 0 Å². The minimum atomic E-state index is 0.262. The average Bonchev–Trinajstić information content (AvgIpc) is 3.73. The van der Waals surface area contributed by atoms with Gasteiger partial charge in [-0.15, -0.1) is 0 Å². The largest absolute Gasteiger partial charge is 0.363 e. The molecule has 2 aromatic rings. The zero-order valence-corrected chi connectivity index (χ0v) is 32.1. The third kappa shape index (κ3) is 5.59. The Balaban J connectivity index is 0.998. The lowest BCUT2D eigenvalue weighted by molar-refractivity contribution is 0.211. The smallest absolute Gasteiger partial charge is 0.0576 e. The summed E-state index contributed by atoms with van der Waals surface area (Å²) in [7, 11) is 0. The van der Waals surface area contributed by atoms with Crippen LogP contribution in [-0.2, 0) is 0 Å². The molecule has 2 aromatic carbocycles. The first-order valence-corrected chi connectivity index (χ1v) is 21.0. The minimum absolute atomic E-state index is 0.262. The highest BCUT2D eigenvalue weighted by atomic mass is 127. The summed E-state index contributed by atoms with van der Waals surface area (Å²) in [5.41, 5.74) is 12.4. The van der Waals surface area contributed by atoms with Crippen LogP contribution in [0.25, 0.3) is 11.1 Å². The molecule has 7 unspecified atom stereocenters. The van der Waals surface area contributed by atoms with Gasteiger partial charge in [-0.25, -0.2) is 0 Å². The van der Waals surface area contributed by atoms with Crippen LogP contribution in [0.1, 0.15) is 57.8 Å². The van der Waals surface area contributed by atoms with Crippen molar-refractivity contribution in [3.05, 3.63) is 174 Å². The Morgan fingerprint density at radius 2 is 1.63 bits per heavy atom. The van der Waals surface area contributed by atoms with E-state index in [1.165, 1.54) is 64.4 Å². The third-order valence-electron chi connectivity index (χ3n) is 12.9. The van der Waals surface area contributed by atoms with Gasteiger partial charge in [-0.3, -0.25) is 0 Å².